The minimum absolute atomic E-state index is 0.261. The second kappa shape index (κ2) is 7.53. The number of nitrogens with one attached hydrogen (secondary N) is 1. The van der Waals surface area contributed by atoms with Crippen molar-refractivity contribution in [2.75, 3.05) is 11.9 Å². The first-order valence-electron chi connectivity index (χ1n) is 7.68. The first kappa shape index (κ1) is 16.6. The summed E-state index contributed by atoms with van der Waals surface area (Å²) in [6.07, 6.45) is 1.23. The maximum atomic E-state index is 13.1. The molecule has 0 saturated carbocycles. The summed E-state index contributed by atoms with van der Waals surface area (Å²) in [6, 6.07) is 11.8. The molecular weight excluding hydrogens is 326 g/mol. The molecule has 126 valence electrons. The predicted molar refractivity (Wildman–Crippen MR) is 87.6 cm³/mol. The van der Waals surface area contributed by atoms with Gasteiger partial charge in [0.1, 0.15) is 17.7 Å². The SMILES string of the molecule is N#Cc1cc(F)ccc1NCCCc1nc(-c2ccc(F)cc2)no1. The van der Waals surface area contributed by atoms with Crippen LogP contribution in [0.5, 0.6) is 0 Å². The van der Waals surface area contributed by atoms with E-state index in [0.29, 0.717) is 42.4 Å². The highest BCUT2D eigenvalue weighted by Crippen LogP contribution is 2.18. The van der Waals surface area contributed by atoms with Gasteiger partial charge in [-0.3, -0.25) is 0 Å². The number of nitriles is 1. The summed E-state index contributed by atoms with van der Waals surface area (Å²) in [5.41, 5.74) is 1.53. The van der Waals surface area contributed by atoms with Crippen LogP contribution in [0.15, 0.2) is 47.0 Å². The van der Waals surface area contributed by atoms with E-state index in [1.165, 1.54) is 30.3 Å². The average molecular weight is 340 g/mol. The molecule has 3 aromatic rings. The third kappa shape index (κ3) is 4.18. The monoisotopic (exact) mass is 340 g/mol. The molecule has 0 atom stereocenters. The molecule has 5 nitrogen and oxygen atoms in total. The van der Waals surface area contributed by atoms with E-state index in [1.807, 2.05) is 6.07 Å². The van der Waals surface area contributed by atoms with Crippen LogP contribution in [0.2, 0.25) is 0 Å². The Kier molecular flexibility index (Phi) is 5.00. The quantitative estimate of drug-likeness (QED) is 0.688. The number of hydrogen-bond donors (Lipinski definition) is 1. The van der Waals surface area contributed by atoms with Gasteiger partial charge in [-0.15, -0.1) is 0 Å². The fourth-order valence-electron chi connectivity index (χ4n) is 2.30. The molecule has 0 saturated heterocycles. The maximum absolute atomic E-state index is 13.1. The summed E-state index contributed by atoms with van der Waals surface area (Å²) in [7, 11) is 0. The molecule has 1 aromatic heterocycles. The van der Waals surface area contributed by atoms with Crippen LogP contribution < -0.4 is 5.32 Å². The molecule has 0 spiro atoms. The fraction of sp³-hybridized carbons (Fsp3) is 0.167. The molecule has 0 amide bonds. The zero-order valence-corrected chi connectivity index (χ0v) is 13.2. The minimum Gasteiger partial charge on any atom is -0.384 e. The Morgan fingerprint density at radius 3 is 2.60 bits per heavy atom. The van der Waals surface area contributed by atoms with Gasteiger partial charge in [-0.1, -0.05) is 5.16 Å². The van der Waals surface area contributed by atoms with E-state index in [9.17, 15) is 8.78 Å². The number of rotatable bonds is 6. The molecule has 2 aromatic carbocycles. The Morgan fingerprint density at radius 2 is 1.84 bits per heavy atom. The van der Waals surface area contributed by atoms with Crippen molar-refractivity contribution < 1.29 is 13.3 Å². The lowest BCUT2D eigenvalue weighted by Crippen LogP contribution is -2.05. The molecule has 0 fully saturated rings. The summed E-state index contributed by atoms with van der Waals surface area (Å²) in [6.45, 7) is 0.564. The van der Waals surface area contributed by atoms with Crippen LogP contribution in [0, 0.1) is 23.0 Å². The smallest absolute Gasteiger partial charge is 0.227 e. The zero-order valence-electron chi connectivity index (χ0n) is 13.2. The number of anilines is 1. The molecule has 0 bridgehead atoms. The molecule has 1 N–H and O–H groups in total. The summed E-state index contributed by atoms with van der Waals surface area (Å²) in [4.78, 5) is 4.27. The van der Waals surface area contributed by atoms with Crippen molar-refractivity contribution in [3.8, 4) is 17.5 Å². The van der Waals surface area contributed by atoms with E-state index < -0.39 is 5.82 Å². The lowest BCUT2D eigenvalue weighted by molar-refractivity contribution is 0.377. The molecule has 7 heteroatoms. The van der Waals surface area contributed by atoms with Gasteiger partial charge in [0.2, 0.25) is 11.7 Å². The maximum Gasteiger partial charge on any atom is 0.227 e. The van der Waals surface area contributed by atoms with E-state index in [4.69, 9.17) is 9.78 Å². The summed E-state index contributed by atoms with van der Waals surface area (Å²) in [5.74, 6) is 0.117. The van der Waals surface area contributed by atoms with Crippen LogP contribution in [0.25, 0.3) is 11.4 Å². The number of halogens is 2. The average Bonchev–Trinajstić information content (AvgIpc) is 3.09. The van der Waals surface area contributed by atoms with Gasteiger partial charge >= 0.3 is 0 Å². The van der Waals surface area contributed by atoms with Crippen molar-refractivity contribution in [2.45, 2.75) is 12.8 Å². The van der Waals surface area contributed by atoms with Crippen LogP contribution in [-0.2, 0) is 6.42 Å². The van der Waals surface area contributed by atoms with Gasteiger partial charge in [-0.05, 0) is 48.9 Å². The van der Waals surface area contributed by atoms with Crippen LogP contribution >= 0.6 is 0 Å². The van der Waals surface area contributed by atoms with Crippen LogP contribution in [0.3, 0.4) is 0 Å². The highest BCUT2D eigenvalue weighted by atomic mass is 19.1. The lowest BCUT2D eigenvalue weighted by atomic mass is 10.2. The number of aromatic nitrogens is 2. The summed E-state index contributed by atoms with van der Waals surface area (Å²) < 4.78 is 31.2. The first-order valence-corrected chi connectivity index (χ1v) is 7.68. The third-order valence-electron chi connectivity index (χ3n) is 3.56. The second-order valence-electron chi connectivity index (χ2n) is 5.35. The molecule has 0 aliphatic carbocycles. The second-order valence-corrected chi connectivity index (χ2v) is 5.35. The van der Waals surface area contributed by atoms with Crippen molar-refractivity contribution in [2.24, 2.45) is 0 Å². The number of hydrogen-bond acceptors (Lipinski definition) is 5. The normalized spacial score (nSPS) is 10.4. The summed E-state index contributed by atoms with van der Waals surface area (Å²) >= 11 is 0. The minimum atomic E-state index is -0.443. The highest BCUT2D eigenvalue weighted by molar-refractivity contribution is 5.57. The Bertz CT molecular complexity index is 900. The van der Waals surface area contributed by atoms with Gasteiger partial charge in [-0.2, -0.15) is 10.2 Å². The van der Waals surface area contributed by atoms with Crippen LogP contribution in [0.4, 0.5) is 14.5 Å². The van der Waals surface area contributed by atoms with E-state index in [1.54, 1.807) is 12.1 Å². The largest absolute Gasteiger partial charge is 0.384 e. The standard InChI is InChI=1S/C18H14F2N4O/c19-14-5-3-12(4-6-14)18-23-17(25-24-18)2-1-9-22-16-8-7-15(20)10-13(16)11-21/h3-8,10,22H,1-2,9H2. The van der Waals surface area contributed by atoms with Gasteiger partial charge in [0.25, 0.3) is 0 Å². The van der Waals surface area contributed by atoms with Crippen LogP contribution in [0.1, 0.15) is 17.9 Å². The van der Waals surface area contributed by atoms with Crippen LogP contribution in [-0.4, -0.2) is 16.7 Å². The Hall–Kier alpha value is -3.27. The zero-order chi connectivity index (χ0) is 17.6. The first-order chi connectivity index (χ1) is 12.2. The van der Waals surface area contributed by atoms with Gasteiger partial charge in [0.15, 0.2) is 0 Å². The molecule has 0 unspecified atom stereocenters. The van der Waals surface area contributed by atoms with E-state index in [2.05, 4.69) is 15.5 Å². The Morgan fingerprint density at radius 1 is 1.08 bits per heavy atom. The van der Waals surface area contributed by atoms with Gasteiger partial charge in [-0.25, -0.2) is 8.78 Å². The highest BCUT2D eigenvalue weighted by Gasteiger charge is 2.09. The van der Waals surface area contributed by atoms with Gasteiger partial charge in [0, 0.05) is 18.5 Å². The summed E-state index contributed by atoms with van der Waals surface area (Å²) in [5, 5.41) is 16.0. The topological polar surface area (TPSA) is 74.7 Å². The van der Waals surface area contributed by atoms with Crippen molar-refractivity contribution in [3.63, 3.8) is 0 Å². The molecule has 0 aliphatic heterocycles. The fourth-order valence-corrected chi connectivity index (χ4v) is 2.30. The lowest BCUT2D eigenvalue weighted by Gasteiger charge is -2.07. The predicted octanol–water partition coefficient (Wildman–Crippen LogP) is 3.93. The van der Waals surface area contributed by atoms with E-state index in [-0.39, 0.29) is 11.4 Å². The molecule has 0 aliphatic rings. The Balaban J connectivity index is 1.53. The van der Waals surface area contributed by atoms with Crippen molar-refractivity contribution in [1.29, 1.82) is 5.26 Å². The number of nitrogens with zero attached hydrogens (tertiary/aromatic N) is 3. The Labute approximate surface area is 142 Å². The van der Waals surface area contributed by atoms with Crippen molar-refractivity contribution in [1.82, 2.24) is 10.1 Å². The van der Waals surface area contributed by atoms with Gasteiger partial charge < -0.3 is 9.84 Å². The van der Waals surface area contributed by atoms with E-state index >= 15 is 0 Å². The van der Waals surface area contributed by atoms with E-state index in [0.717, 1.165) is 0 Å². The van der Waals surface area contributed by atoms with Gasteiger partial charge in [0.05, 0.1) is 11.3 Å². The number of aryl methyl sites for hydroxylation is 1. The molecule has 25 heavy (non-hydrogen) atoms. The third-order valence-corrected chi connectivity index (χ3v) is 3.56. The number of benzene rings is 2. The van der Waals surface area contributed by atoms with Crippen molar-refractivity contribution >= 4 is 5.69 Å². The molecular formula is C18H14F2N4O. The molecule has 0 radical (unpaired) electrons. The molecule has 1 heterocycles. The molecule has 3 rings (SSSR count). The van der Waals surface area contributed by atoms with Crippen molar-refractivity contribution in [3.05, 3.63) is 65.6 Å².